The topological polar surface area (TPSA) is 67.4 Å². The lowest BCUT2D eigenvalue weighted by Crippen LogP contribution is -2.30. The Hall–Kier alpha value is -2.24. The van der Waals surface area contributed by atoms with Crippen molar-refractivity contribution >= 4 is 46.5 Å². The second kappa shape index (κ2) is 8.04. The third-order valence-electron chi connectivity index (χ3n) is 3.28. The maximum Gasteiger partial charge on any atom is 0.341 e. The molecule has 2 aromatic rings. The van der Waals surface area contributed by atoms with Gasteiger partial charge in [0.2, 0.25) is 0 Å². The number of amides is 1. The Morgan fingerprint density at radius 2 is 1.67 bits per heavy atom. The molecule has 5 nitrogen and oxygen atoms in total. The van der Waals surface area contributed by atoms with Gasteiger partial charge in [0.15, 0.2) is 6.10 Å². The summed E-state index contributed by atoms with van der Waals surface area (Å²) in [6.07, 6.45) is -1.02. The first-order valence-corrected chi connectivity index (χ1v) is 7.92. The minimum atomic E-state index is -1.02. The number of rotatable bonds is 5. The van der Waals surface area contributed by atoms with Crippen LogP contribution in [0, 0.1) is 0 Å². The molecule has 0 saturated heterocycles. The molecule has 0 aromatic heterocycles. The van der Waals surface area contributed by atoms with Crippen LogP contribution in [0.2, 0.25) is 10.0 Å². The zero-order chi connectivity index (χ0) is 17.7. The zero-order valence-corrected chi connectivity index (χ0v) is 14.6. The first-order chi connectivity index (χ1) is 11.4. The molecule has 0 aliphatic carbocycles. The summed E-state index contributed by atoms with van der Waals surface area (Å²) in [5, 5.41) is 6.07. The van der Waals surface area contributed by atoms with Gasteiger partial charge in [-0.3, -0.25) is 4.79 Å². The Kier molecular flexibility index (Phi) is 6.06. The van der Waals surface area contributed by atoms with Crippen LogP contribution in [0.5, 0.6) is 0 Å². The maximum absolute atomic E-state index is 12.2. The molecule has 2 N–H and O–H groups in total. The third-order valence-corrected chi connectivity index (χ3v) is 3.91. The maximum atomic E-state index is 12.2. The predicted molar refractivity (Wildman–Crippen MR) is 96.0 cm³/mol. The molecule has 1 unspecified atom stereocenters. The average Bonchev–Trinajstić information content (AvgIpc) is 2.57. The Labute approximate surface area is 149 Å². The predicted octanol–water partition coefficient (Wildman–Crippen LogP) is 4.22. The molecule has 0 saturated carbocycles. The summed E-state index contributed by atoms with van der Waals surface area (Å²) >= 11 is 12.0. The van der Waals surface area contributed by atoms with Crippen LogP contribution in [0.4, 0.5) is 11.4 Å². The first kappa shape index (κ1) is 18.1. The summed E-state index contributed by atoms with van der Waals surface area (Å²) in [7, 11) is 1.70. The zero-order valence-electron chi connectivity index (χ0n) is 13.1. The van der Waals surface area contributed by atoms with Crippen molar-refractivity contribution in [2.24, 2.45) is 0 Å². The Morgan fingerprint density at radius 1 is 1.04 bits per heavy atom. The van der Waals surface area contributed by atoms with Crippen LogP contribution >= 0.6 is 23.2 Å². The fraction of sp³-hybridized carbons (Fsp3) is 0.176. The first-order valence-electron chi connectivity index (χ1n) is 7.16. The Bertz CT molecular complexity index is 745. The van der Waals surface area contributed by atoms with E-state index in [1.54, 1.807) is 49.5 Å². The van der Waals surface area contributed by atoms with Gasteiger partial charge in [0.1, 0.15) is 0 Å². The van der Waals surface area contributed by atoms with Crippen molar-refractivity contribution in [1.29, 1.82) is 0 Å². The van der Waals surface area contributed by atoms with Crippen molar-refractivity contribution in [3.05, 3.63) is 58.1 Å². The number of anilines is 2. The summed E-state index contributed by atoms with van der Waals surface area (Å²) in [5.74, 6) is -1.13. The number of hydrogen-bond donors (Lipinski definition) is 2. The third kappa shape index (κ3) is 4.19. The molecular weight excluding hydrogens is 351 g/mol. The highest BCUT2D eigenvalue weighted by atomic mass is 35.5. The lowest BCUT2D eigenvalue weighted by atomic mass is 10.2. The van der Waals surface area contributed by atoms with Gasteiger partial charge in [-0.15, -0.1) is 0 Å². The number of carbonyl (C=O) groups excluding carboxylic acids is 2. The van der Waals surface area contributed by atoms with Gasteiger partial charge in [0.25, 0.3) is 5.91 Å². The van der Waals surface area contributed by atoms with Gasteiger partial charge in [-0.25, -0.2) is 4.79 Å². The highest BCUT2D eigenvalue weighted by molar-refractivity contribution is 6.39. The Balaban J connectivity index is 2.07. The molecule has 1 amide bonds. The van der Waals surface area contributed by atoms with Crippen molar-refractivity contribution in [1.82, 2.24) is 0 Å². The van der Waals surface area contributed by atoms with E-state index in [4.69, 9.17) is 27.9 Å². The molecule has 126 valence electrons. The van der Waals surface area contributed by atoms with Gasteiger partial charge in [-0.05, 0) is 31.2 Å². The second-order valence-corrected chi connectivity index (χ2v) is 5.74. The van der Waals surface area contributed by atoms with Crippen LogP contribution in [0.25, 0.3) is 0 Å². The lowest BCUT2D eigenvalue weighted by Gasteiger charge is -2.16. The van der Waals surface area contributed by atoms with E-state index in [2.05, 4.69) is 10.6 Å². The van der Waals surface area contributed by atoms with Crippen molar-refractivity contribution in [3.8, 4) is 0 Å². The molecule has 24 heavy (non-hydrogen) atoms. The van der Waals surface area contributed by atoms with Crippen molar-refractivity contribution in [2.75, 3.05) is 17.7 Å². The van der Waals surface area contributed by atoms with Gasteiger partial charge in [-0.1, -0.05) is 41.4 Å². The second-order valence-electron chi connectivity index (χ2n) is 4.93. The quantitative estimate of drug-likeness (QED) is 0.777. The van der Waals surface area contributed by atoms with Crippen molar-refractivity contribution in [2.45, 2.75) is 13.0 Å². The molecule has 0 bridgehead atoms. The average molecular weight is 367 g/mol. The van der Waals surface area contributed by atoms with Crippen LogP contribution in [0.1, 0.15) is 17.3 Å². The minimum Gasteiger partial charge on any atom is -0.449 e. The monoisotopic (exact) mass is 366 g/mol. The number of nitrogens with one attached hydrogen (secondary N) is 2. The number of para-hydroxylation sites is 2. The molecule has 0 aliphatic rings. The molecule has 0 aliphatic heterocycles. The molecule has 7 heteroatoms. The van der Waals surface area contributed by atoms with Gasteiger partial charge >= 0.3 is 5.97 Å². The van der Waals surface area contributed by atoms with E-state index in [-0.39, 0.29) is 5.69 Å². The van der Waals surface area contributed by atoms with Crippen LogP contribution < -0.4 is 10.6 Å². The fourth-order valence-electron chi connectivity index (χ4n) is 2.00. The highest BCUT2D eigenvalue weighted by Gasteiger charge is 2.22. The summed E-state index contributed by atoms with van der Waals surface area (Å²) in [6.45, 7) is 1.47. The van der Waals surface area contributed by atoms with Crippen LogP contribution in [-0.2, 0) is 9.53 Å². The van der Waals surface area contributed by atoms with Crippen LogP contribution in [0.3, 0.4) is 0 Å². The number of carbonyl (C=O) groups is 2. The van der Waals surface area contributed by atoms with E-state index in [9.17, 15) is 9.59 Å². The van der Waals surface area contributed by atoms with Crippen LogP contribution in [-0.4, -0.2) is 25.0 Å². The molecule has 0 spiro atoms. The molecule has 2 aromatic carbocycles. The van der Waals surface area contributed by atoms with Crippen LogP contribution in [0.15, 0.2) is 42.5 Å². The number of halogens is 2. The fourth-order valence-corrected chi connectivity index (χ4v) is 2.49. The van der Waals surface area contributed by atoms with E-state index >= 15 is 0 Å². The standard InChI is InChI=1S/C17H16Cl2N2O3/c1-10(16(22)21-15-12(18)7-5-8-13(15)19)24-17(23)11-6-3-4-9-14(11)20-2/h3-10,20H,1-2H3,(H,21,22). The van der Waals surface area contributed by atoms with Crippen molar-refractivity contribution in [3.63, 3.8) is 0 Å². The largest absolute Gasteiger partial charge is 0.449 e. The Morgan fingerprint density at radius 3 is 2.29 bits per heavy atom. The van der Waals surface area contributed by atoms with E-state index in [1.165, 1.54) is 6.92 Å². The molecule has 0 heterocycles. The van der Waals surface area contributed by atoms with E-state index < -0.39 is 18.0 Å². The minimum absolute atomic E-state index is 0.282. The number of ether oxygens (including phenoxy) is 1. The molecule has 1 atom stereocenters. The number of benzene rings is 2. The van der Waals surface area contributed by atoms with E-state index in [0.717, 1.165) is 0 Å². The van der Waals surface area contributed by atoms with Gasteiger partial charge in [0.05, 0.1) is 21.3 Å². The molecule has 2 rings (SSSR count). The number of hydrogen-bond acceptors (Lipinski definition) is 4. The van der Waals surface area contributed by atoms with Gasteiger partial charge in [0, 0.05) is 12.7 Å². The SMILES string of the molecule is CNc1ccccc1C(=O)OC(C)C(=O)Nc1c(Cl)cccc1Cl. The van der Waals surface area contributed by atoms with E-state index in [0.29, 0.717) is 21.3 Å². The summed E-state index contributed by atoms with van der Waals surface area (Å²) in [6, 6.07) is 11.7. The highest BCUT2D eigenvalue weighted by Crippen LogP contribution is 2.30. The van der Waals surface area contributed by atoms with Gasteiger partial charge < -0.3 is 15.4 Å². The summed E-state index contributed by atoms with van der Waals surface area (Å²) in [4.78, 5) is 24.4. The molecule has 0 radical (unpaired) electrons. The van der Waals surface area contributed by atoms with E-state index in [1.807, 2.05) is 0 Å². The molecule has 0 fully saturated rings. The summed E-state index contributed by atoms with van der Waals surface area (Å²) < 4.78 is 5.22. The molecular formula is C17H16Cl2N2O3. The number of esters is 1. The van der Waals surface area contributed by atoms with Gasteiger partial charge in [-0.2, -0.15) is 0 Å². The normalized spacial score (nSPS) is 11.5. The lowest BCUT2D eigenvalue weighted by molar-refractivity contribution is -0.123. The van der Waals surface area contributed by atoms with Crippen molar-refractivity contribution < 1.29 is 14.3 Å². The smallest absolute Gasteiger partial charge is 0.341 e. The summed E-state index contributed by atoms with van der Waals surface area (Å²) in [5.41, 5.74) is 1.24.